The molecular weight excluding hydrogens is 436 g/mol. The summed E-state index contributed by atoms with van der Waals surface area (Å²) in [5.74, 6) is 0.145. The van der Waals surface area contributed by atoms with Gasteiger partial charge < -0.3 is 24.6 Å². The minimum atomic E-state index is -0.497. The Labute approximate surface area is 188 Å². The number of hydrogen-bond donors (Lipinski definition) is 2. The highest BCUT2D eigenvalue weighted by Crippen LogP contribution is 2.40. The number of carbonyl (C=O) groups is 3. The minimum absolute atomic E-state index is 0.00338. The van der Waals surface area contributed by atoms with Gasteiger partial charge in [0.15, 0.2) is 11.5 Å². The fourth-order valence-electron chi connectivity index (χ4n) is 3.07. The third kappa shape index (κ3) is 4.80. The van der Waals surface area contributed by atoms with Crippen LogP contribution in [0.1, 0.15) is 15.9 Å². The molecule has 2 N–H and O–H groups in total. The lowest BCUT2D eigenvalue weighted by Crippen LogP contribution is -2.37. The van der Waals surface area contributed by atoms with Crippen molar-refractivity contribution >= 4 is 34.9 Å². The Morgan fingerprint density at radius 3 is 2.34 bits per heavy atom. The van der Waals surface area contributed by atoms with E-state index in [2.05, 4.69) is 5.32 Å². The van der Waals surface area contributed by atoms with E-state index < -0.39 is 17.1 Å². The predicted molar refractivity (Wildman–Crippen MR) is 119 cm³/mol. The lowest BCUT2D eigenvalue weighted by molar-refractivity contribution is -0.122. The van der Waals surface area contributed by atoms with Crippen LogP contribution in [-0.4, -0.2) is 61.5 Å². The van der Waals surface area contributed by atoms with Gasteiger partial charge in [0.05, 0.1) is 31.8 Å². The highest BCUT2D eigenvalue weighted by molar-refractivity contribution is 8.18. The van der Waals surface area contributed by atoms with E-state index in [0.717, 1.165) is 16.7 Å². The minimum Gasteiger partial charge on any atom is -0.507 e. The standard InChI is InChI=1S/C22H22N2O7S/c1-29-16-10-13(11-17(30-2)19(16)31-3)12-18-21(27)24(22(28)32-18)9-8-23-20(26)14-6-4-5-7-15(14)25/h4-7,10-12,25H,8-9H2,1-3H3,(H,23,26)/b18-12+. The van der Waals surface area contributed by atoms with Crippen LogP contribution in [0.25, 0.3) is 6.08 Å². The summed E-state index contributed by atoms with van der Waals surface area (Å²) in [5.41, 5.74) is 0.710. The van der Waals surface area contributed by atoms with Crippen molar-refractivity contribution in [2.75, 3.05) is 34.4 Å². The van der Waals surface area contributed by atoms with Crippen molar-refractivity contribution in [2.45, 2.75) is 0 Å². The van der Waals surface area contributed by atoms with Crippen LogP contribution in [-0.2, 0) is 4.79 Å². The maximum absolute atomic E-state index is 12.7. The Balaban J connectivity index is 1.70. The van der Waals surface area contributed by atoms with E-state index in [-0.39, 0.29) is 29.3 Å². The number of carbonyl (C=O) groups excluding carboxylic acids is 3. The average molecular weight is 458 g/mol. The number of ether oxygens (including phenoxy) is 3. The molecule has 0 aromatic heterocycles. The molecular formula is C22H22N2O7S. The quantitative estimate of drug-likeness (QED) is 0.581. The molecule has 1 fully saturated rings. The second-order valence-corrected chi connectivity index (χ2v) is 7.56. The van der Waals surface area contributed by atoms with E-state index in [1.54, 1.807) is 30.3 Å². The van der Waals surface area contributed by atoms with Gasteiger partial charge in [0.25, 0.3) is 17.1 Å². The third-order valence-corrected chi connectivity index (χ3v) is 5.54. The summed E-state index contributed by atoms with van der Waals surface area (Å²) in [4.78, 5) is 38.5. The SMILES string of the molecule is COc1cc(/C=C2/SC(=O)N(CCNC(=O)c3ccccc3O)C2=O)cc(OC)c1OC. The molecule has 1 saturated heterocycles. The number of thioether (sulfide) groups is 1. The number of hydrogen-bond acceptors (Lipinski definition) is 8. The van der Waals surface area contributed by atoms with Gasteiger partial charge in [-0.15, -0.1) is 0 Å². The lowest BCUT2D eigenvalue weighted by Gasteiger charge is -2.14. The normalized spacial score (nSPS) is 14.6. The maximum Gasteiger partial charge on any atom is 0.293 e. The van der Waals surface area contributed by atoms with Gasteiger partial charge in [-0.2, -0.15) is 0 Å². The first-order valence-electron chi connectivity index (χ1n) is 9.51. The Morgan fingerprint density at radius 1 is 1.09 bits per heavy atom. The van der Waals surface area contributed by atoms with Crippen LogP contribution in [0.2, 0.25) is 0 Å². The number of phenols is 1. The number of phenolic OH excluding ortho intramolecular Hbond substituents is 1. The average Bonchev–Trinajstić information content (AvgIpc) is 3.05. The Bertz CT molecular complexity index is 1060. The Hall–Kier alpha value is -3.66. The monoisotopic (exact) mass is 458 g/mol. The third-order valence-electron chi connectivity index (χ3n) is 4.63. The lowest BCUT2D eigenvalue weighted by atomic mass is 10.1. The molecule has 1 heterocycles. The van der Waals surface area contributed by atoms with E-state index in [1.165, 1.54) is 33.5 Å². The molecule has 0 atom stereocenters. The van der Waals surface area contributed by atoms with Crippen molar-refractivity contribution in [3.05, 3.63) is 52.4 Å². The van der Waals surface area contributed by atoms with Crippen LogP contribution in [0.3, 0.4) is 0 Å². The fraction of sp³-hybridized carbons (Fsp3) is 0.227. The van der Waals surface area contributed by atoms with Crippen LogP contribution in [0.15, 0.2) is 41.3 Å². The molecule has 3 rings (SSSR count). The second kappa shape index (κ2) is 10.1. The molecule has 0 radical (unpaired) electrons. The number of rotatable bonds is 8. The van der Waals surface area contributed by atoms with Gasteiger partial charge in [-0.05, 0) is 47.7 Å². The summed E-state index contributed by atoms with van der Waals surface area (Å²) in [7, 11) is 4.46. The zero-order valence-electron chi connectivity index (χ0n) is 17.7. The van der Waals surface area contributed by atoms with E-state index in [0.29, 0.717) is 22.8 Å². The van der Waals surface area contributed by atoms with Crippen molar-refractivity contribution in [2.24, 2.45) is 0 Å². The topological polar surface area (TPSA) is 114 Å². The summed E-state index contributed by atoms with van der Waals surface area (Å²) in [6.07, 6.45) is 1.57. The van der Waals surface area contributed by atoms with Gasteiger partial charge >= 0.3 is 0 Å². The molecule has 2 aromatic rings. The van der Waals surface area contributed by atoms with E-state index in [9.17, 15) is 19.5 Å². The van der Waals surface area contributed by atoms with Gasteiger partial charge in [-0.25, -0.2) is 0 Å². The molecule has 168 valence electrons. The number of nitrogens with one attached hydrogen (secondary N) is 1. The summed E-state index contributed by atoms with van der Waals surface area (Å²) < 4.78 is 15.9. The first-order valence-corrected chi connectivity index (χ1v) is 10.3. The molecule has 0 bridgehead atoms. The van der Waals surface area contributed by atoms with Crippen molar-refractivity contribution in [3.63, 3.8) is 0 Å². The predicted octanol–water partition coefficient (Wildman–Crippen LogP) is 2.88. The summed E-state index contributed by atoms with van der Waals surface area (Å²) in [6.45, 7) is 0.0409. The molecule has 2 aromatic carbocycles. The van der Waals surface area contributed by atoms with Crippen LogP contribution in [0.5, 0.6) is 23.0 Å². The van der Waals surface area contributed by atoms with Crippen molar-refractivity contribution in [1.29, 1.82) is 0 Å². The molecule has 32 heavy (non-hydrogen) atoms. The van der Waals surface area contributed by atoms with Crippen LogP contribution in [0.4, 0.5) is 4.79 Å². The van der Waals surface area contributed by atoms with Gasteiger partial charge in [0, 0.05) is 13.1 Å². The van der Waals surface area contributed by atoms with E-state index in [1.807, 2.05) is 0 Å². The van der Waals surface area contributed by atoms with Crippen molar-refractivity contribution < 1.29 is 33.7 Å². The van der Waals surface area contributed by atoms with E-state index >= 15 is 0 Å². The summed E-state index contributed by atoms with van der Waals surface area (Å²) in [5, 5.41) is 11.9. The zero-order chi connectivity index (χ0) is 23.3. The van der Waals surface area contributed by atoms with Crippen LogP contribution >= 0.6 is 11.8 Å². The molecule has 0 spiro atoms. The summed E-state index contributed by atoms with van der Waals surface area (Å²) in [6, 6.07) is 9.44. The smallest absolute Gasteiger partial charge is 0.293 e. The van der Waals surface area contributed by atoms with Gasteiger partial charge in [-0.3, -0.25) is 19.3 Å². The maximum atomic E-state index is 12.7. The number of para-hydroxylation sites is 1. The summed E-state index contributed by atoms with van der Waals surface area (Å²) >= 11 is 0.804. The molecule has 9 nitrogen and oxygen atoms in total. The molecule has 10 heteroatoms. The van der Waals surface area contributed by atoms with Crippen molar-refractivity contribution in [3.8, 4) is 23.0 Å². The number of benzene rings is 2. The largest absolute Gasteiger partial charge is 0.507 e. The first-order chi connectivity index (χ1) is 15.4. The highest BCUT2D eigenvalue weighted by Gasteiger charge is 2.34. The molecule has 0 saturated carbocycles. The number of imide groups is 1. The van der Waals surface area contributed by atoms with Crippen LogP contribution in [0, 0.1) is 0 Å². The number of nitrogens with zero attached hydrogens (tertiary/aromatic N) is 1. The second-order valence-electron chi connectivity index (χ2n) is 6.57. The fourth-order valence-corrected chi connectivity index (χ4v) is 3.94. The molecule has 1 aliphatic rings. The zero-order valence-corrected chi connectivity index (χ0v) is 18.5. The Kier molecular flexibility index (Phi) is 7.26. The molecule has 0 unspecified atom stereocenters. The number of aromatic hydroxyl groups is 1. The molecule has 1 aliphatic heterocycles. The molecule has 3 amide bonds. The van der Waals surface area contributed by atoms with E-state index in [4.69, 9.17) is 14.2 Å². The Morgan fingerprint density at radius 2 is 1.75 bits per heavy atom. The number of methoxy groups -OCH3 is 3. The van der Waals surface area contributed by atoms with Crippen LogP contribution < -0.4 is 19.5 Å². The highest BCUT2D eigenvalue weighted by atomic mass is 32.2. The van der Waals surface area contributed by atoms with Gasteiger partial charge in [0.2, 0.25) is 5.75 Å². The molecule has 0 aliphatic carbocycles. The van der Waals surface area contributed by atoms with Gasteiger partial charge in [-0.1, -0.05) is 12.1 Å². The van der Waals surface area contributed by atoms with Gasteiger partial charge in [0.1, 0.15) is 5.75 Å². The van der Waals surface area contributed by atoms with Crippen molar-refractivity contribution in [1.82, 2.24) is 10.2 Å². The first kappa shape index (κ1) is 23.0. The number of amides is 3.